The van der Waals surface area contributed by atoms with Gasteiger partial charge in [-0.15, -0.1) is 0 Å². The second kappa shape index (κ2) is 10.1. The molecule has 0 bridgehead atoms. The number of rotatable bonds is 6. The number of benzene rings is 2. The molecule has 2 heterocycles. The third-order valence-corrected chi connectivity index (χ3v) is 5.54. The number of nitrogens with zero attached hydrogens (tertiary/aromatic N) is 4. The van der Waals surface area contributed by atoms with Crippen molar-refractivity contribution >= 4 is 23.8 Å². The van der Waals surface area contributed by atoms with Crippen molar-refractivity contribution in [3.63, 3.8) is 0 Å². The highest BCUT2D eigenvalue weighted by Gasteiger charge is 2.08. The summed E-state index contributed by atoms with van der Waals surface area (Å²) in [5.41, 5.74) is 11.0. The Hall–Kier alpha value is -3.92. The average molecular weight is 433 g/mol. The molecule has 2 aromatic carbocycles. The highest BCUT2D eigenvalue weighted by atomic mass is 14.8. The van der Waals surface area contributed by atoms with Gasteiger partial charge in [0.25, 0.3) is 0 Å². The predicted molar refractivity (Wildman–Crippen MR) is 138 cm³/mol. The SMILES string of the molecule is Cc1cc(Cc2cc(C)c(N=Cc3ccccn3)c(C)c2)cc(C)c1N=Cc1ccccn1. The first kappa shape index (κ1) is 22.3. The lowest BCUT2D eigenvalue weighted by Crippen LogP contribution is -1.95. The van der Waals surface area contributed by atoms with Gasteiger partial charge in [-0.3, -0.25) is 20.0 Å². The Morgan fingerprint density at radius 3 is 1.33 bits per heavy atom. The van der Waals surface area contributed by atoms with Gasteiger partial charge in [-0.1, -0.05) is 36.4 Å². The van der Waals surface area contributed by atoms with Gasteiger partial charge in [0.2, 0.25) is 0 Å². The van der Waals surface area contributed by atoms with Crippen LogP contribution in [0.15, 0.2) is 83.0 Å². The molecule has 4 heteroatoms. The van der Waals surface area contributed by atoms with Crippen molar-refractivity contribution in [2.24, 2.45) is 9.98 Å². The van der Waals surface area contributed by atoms with E-state index in [2.05, 4.69) is 61.9 Å². The minimum Gasteiger partial charge on any atom is -0.255 e. The van der Waals surface area contributed by atoms with Crippen molar-refractivity contribution < 1.29 is 0 Å². The first-order chi connectivity index (χ1) is 16.0. The molecule has 4 aromatic rings. The Morgan fingerprint density at radius 2 is 1.00 bits per heavy atom. The van der Waals surface area contributed by atoms with E-state index in [-0.39, 0.29) is 0 Å². The molecule has 0 unspecified atom stereocenters. The number of pyridine rings is 2. The van der Waals surface area contributed by atoms with E-state index in [0.717, 1.165) is 29.2 Å². The number of hydrogen-bond acceptors (Lipinski definition) is 4. The summed E-state index contributed by atoms with van der Waals surface area (Å²) in [7, 11) is 0. The molecule has 0 radical (unpaired) electrons. The van der Waals surface area contributed by atoms with Crippen LogP contribution in [0, 0.1) is 27.7 Å². The topological polar surface area (TPSA) is 50.5 Å². The molecule has 0 aliphatic heterocycles. The molecule has 33 heavy (non-hydrogen) atoms. The van der Waals surface area contributed by atoms with Crippen LogP contribution in [0.5, 0.6) is 0 Å². The number of aryl methyl sites for hydroxylation is 4. The lowest BCUT2D eigenvalue weighted by atomic mass is 9.96. The summed E-state index contributed by atoms with van der Waals surface area (Å²) < 4.78 is 0. The number of hydrogen-bond donors (Lipinski definition) is 0. The van der Waals surface area contributed by atoms with Crippen molar-refractivity contribution in [1.82, 2.24) is 9.97 Å². The Kier molecular flexibility index (Phi) is 6.84. The fourth-order valence-corrected chi connectivity index (χ4v) is 4.10. The van der Waals surface area contributed by atoms with Gasteiger partial charge < -0.3 is 0 Å². The van der Waals surface area contributed by atoms with Crippen molar-refractivity contribution in [1.29, 1.82) is 0 Å². The monoisotopic (exact) mass is 432 g/mol. The van der Waals surface area contributed by atoms with Crippen LogP contribution in [0.3, 0.4) is 0 Å². The van der Waals surface area contributed by atoms with Gasteiger partial charge in [0.1, 0.15) is 0 Å². The number of aromatic nitrogens is 2. The van der Waals surface area contributed by atoms with Gasteiger partial charge in [0, 0.05) is 12.4 Å². The van der Waals surface area contributed by atoms with E-state index in [9.17, 15) is 0 Å². The maximum Gasteiger partial charge on any atom is 0.0812 e. The molecule has 0 N–H and O–H groups in total. The summed E-state index contributed by atoms with van der Waals surface area (Å²) in [5, 5.41) is 0. The van der Waals surface area contributed by atoms with Crippen LogP contribution in [-0.2, 0) is 6.42 Å². The van der Waals surface area contributed by atoms with Crippen molar-refractivity contribution in [3.05, 3.63) is 118 Å². The van der Waals surface area contributed by atoms with Crippen LogP contribution >= 0.6 is 0 Å². The molecule has 0 atom stereocenters. The maximum absolute atomic E-state index is 4.70. The van der Waals surface area contributed by atoms with E-state index in [4.69, 9.17) is 9.98 Å². The second-order valence-electron chi connectivity index (χ2n) is 8.36. The first-order valence-electron chi connectivity index (χ1n) is 11.1. The van der Waals surface area contributed by atoms with Crippen LogP contribution in [0.25, 0.3) is 0 Å². The predicted octanol–water partition coefficient (Wildman–Crippen LogP) is 6.80. The van der Waals surface area contributed by atoms with E-state index in [1.54, 1.807) is 12.4 Å². The molecule has 4 rings (SSSR count). The number of aliphatic imine (C=N–C) groups is 2. The normalized spacial score (nSPS) is 11.5. The van der Waals surface area contributed by atoms with Crippen LogP contribution in [0.4, 0.5) is 11.4 Å². The molecule has 4 nitrogen and oxygen atoms in total. The summed E-state index contributed by atoms with van der Waals surface area (Å²) in [6.07, 6.45) is 8.09. The quantitative estimate of drug-likeness (QED) is 0.315. The molecule has 0 fully saturated rings. The zero-order chi connectivity index (χ0) is 23.2. The van der Waals surface area contributed by atoms with Gasteiger partial charge in [-0.25, -0.2) is 0 Å². The van der Waals surface area contributed by atoms with Gasteiger partial charge in [0.15, 0.2) is 0 Å². The Bertz CT molecular complexity index is 1160. The van der Waals surface area contributed by atoms with Gasteiger partial charge in [0.05, 0.1) is 35.2 Å². The van der Waals surface area contributed by atoms with Gasteiger partial charge in [-0.2, -0.15) is 0 Å². The van der Waals surface area contributed by atoms with Crippen LogP contribution < -0.4 is 0 Å². The Morgan fingerprint density at radius 1 is 0.606 bits per heavy atom. The van der Waals surface area contributed by atoms with Crippen LogP contribution in [0.1, 0.15) is 44.8 Å². The van der Waals surface area contributed by atoms with Crippen molar-refractivity contribution in [2.45, 2.75) is 34.1 Å². The molecule has 0 aliphatic rings. The molecule has 0 saturated carbocycles. The van der Waals surface area contributed by atoms with Gasteiger partial charge in [-0.05, 0) is 91.8 Å². The van der Waals surface area contributed by atoms with Crippen molar-refractivity contribution in [2.75, 3.05) is 0 Å². The first-order valence-corrected chi connectivity index (χ1v) is 11.1. The van der Waals surface area contributed by atoms with E-state index < -0.39 is 0 Å². The summed E-state index contributed by atoms with van der Waals surface area (Å²) in [6, 6.07) is 20.6. The maximum atomic E-state index is 4.70. The Labute approximate surface area is 195 Å². The molecule has 164 valence electrons. The zero-order valence-corrected chi connectivity index (χ0v) is 19.6. The highest BCUT2D eigenvalue weighted by Crippen LogP contribution is 2.29. The van der Waals surface area contributed by atoms with E-state index >= 15 is 0 Å². The third-order valence-electron chi connectivity index (χ3n) is 5.54. The highest BCUT2D eigenvalue weighted by molar-refractivity contribution is 5.81. The largest absolute Gasteiger partial charge is 0.255 e. The molecule has 2 aromatic heterocycles. The molecule has 0 aliphatic carbocycles. The van der Waals surface area contributed by atoms with Gasteiger partial charge >= 0.3 is 0 Å². The molecule has 0 spiro atoms. The minimum atomic E-state index is 0.858. The molecular weight excluding hydrogens is 404 g/mol. The fraction of sp³-hybridized carbons (Fsp3) is 0.172. The summed E-state index contributed by atoms with van der Waals surface area (Å²) in [5.74, 6) is 0. The van der Waals surface area contributed by atoms with E-state index in [1.807, 2.05) is 48.8 Å². The van der Waals surface area contributed by atoms with E-state index in [0.29, 0.717) is 0 Å². The Balaban J connectivity index is 1.54. The minimum absolute atomic E-state index is 0.858. The second-order valence-corrected chi connectivity index (χ2v) is 8.36. The smallest absolute Gasteiger partial charge is 0.0812 e. The van der Waals surface area contributed by atoms with Crippen molar-refractivity contribution in [3.8, 4) is 0 Å². The van der Waals surface area contributed by atoms with Crippen LogP contribution in [0.2, 0.25) is 0 Å². The van der Waals surface area contributed by atoms with Crippen LogP contribution in [-0.4, -0.2) is 22.4 Å². The average Bonchev–Trinajstić information content (AvgIpc) is 2.79. The molecule has 0 amide bonds. The summed E-state index contributed by atoms with van der Waals surface area (Å²) >= 11 is 0. The zero-order valence-electron chi connectivity index (χ0n) is 19.6. The molecular formula is C29H28N4. The molecule has 0 saturated heterocycles. The van der Waals surface area contributed by atoms with E-state index in [1.165, 1.54) is 33.4 Å². The summed E-state index contributed by atoms with van der Waals surface area (Å²) in [6.45, 7) is 8.47. The lowest BCUT2D eigenvalue weighted by Gasteiger charge is -2.12. The third kappa shape index (κ3) is 5.66. The standard InChI is InChI=1S/C29H28N4/c1-20-13-24(14-21(2)28(20)32-18-26-9-5-7-11-30-26)17-25-15-22(3)29(23(4)16-25)33-19-27-10-6-8-12-31-27/h5-16,18-19H,17H2,1-4H3. The lowest BCUT2D eigenvalue weighted by molar-refractivity contribution is 1.14. The summed E-state index contributed by atoms with van der Waals surface area (Å²) in [4.78, 5) is 18.0. The fourth-order valence-electron chi connectivity index (χ4n) is 4.10.